The van der Waals surface area contributed by atoms with Crippen LogP contribution in [-0.4, -0.2) is 120 Å². The molecule has 3 atom stereocenters. The molecule has 5 saturated heterocycles. The number of fused-ring (bicyclic) bond motifs is 4. The zero-order valence-corrected chi connectivity index (χ0v) is 40.4. The number of rotatable bonds is 16. The second-order valence-electron chi connectivity index (χ2n) is 20.3. The van der Waals surface area contributed by atoms with Crippen molar-refractivity contribution in [3.05, 3.63) is 108 Å². The molecule has 6 fully saturated rings. The summed E-state index contributed by atoms with van der Waals surface area (Å²) in [6.07, 6.45) is 1.52. The number of piperazine rings is 1. The minimum atomic E-state index is -4.95. The summed E-state index contributed by atoms with van der Waals surface area (Å²) in [7, 11) is 0. The number of carbonyl (C=O) groups is 5. The smallest absolute Gasteiger partial charge is 0.457 e. The molecule has 6 aliphatic heterocycles. The molecule has 386 valence electrons. The molecule has 2 bridgehead atoms. The van der Waals surface area contributed by atoms with Gasteiger partial charge < -0.3 is 40.1 Å². The van der Waals surface area contributed by atoms with E-state index in [4.69, 9.17) is 4.74 Å². The van der Waals surface area contributed by atoms with E-state index in [1.165, 1.54) is 36.5 Å². The number of carbonyl (C=O) groups excluding carboxylic acids is 5. The number of hydrogen-bond donors (Lipinski definition) is 4. The predicted molar refractivity (Wildman–Crippen MR) is 266 cm³/mol. The first-order valence-corrected chi connectivity index (χ1v) is 25.2. The lowest BCUT2D eigenvalue weighted by Gasteiger charge is -2.57. The summed E-state index contributed by atoms with van der Waals surface area (Å²) >= 11 is 0. The van der Waals surface area contributed by atoms with Crippen molar-refractivity contribution in [3.63, 3.8) is 0 Å². The average Bonchev–Trinajstić information content (AvgIpc) is 4.14. The molecule has 4 aromatic carbocycles. The van der Waals surface area contributed by atoms with E-state index < -0.39 is 41.4 Å². The number of hydrogen-bond acceptors (Lipinski definition) is 12. The number of aromatic nitrogens is 1. The molecular weight excluding hydrogens is 963 g/mol. The molecule has 20 heteroatoms. The van der Waals surface area contributed by atoms with Crippen LogP contribution in [0.25, 0.3) is 10.9 Å². The maximum atomic E-state index is 14.0. The Hall–Kier alpha value is -7.32. The number of anilines is 4. The Morgan fingerprint density at radius 1 is 0.851 bits per heavy atom. The molecule has 12 rings (SSSR count). The highest BCUT2D eigenvalue weighted by atomic mass is 19.4. The van der Waals surface area contributed by atoms with E-state index in [2.05, 4.69) is 40.8 Å². The molecule has 7 heterocycles. The second-order valence-corrected chi connectivity index (χ2v) is 20.3. The van der Waals surface area contributed by atoms with Crippen molar-refractivity contribution in [2.75, 3.05) is 66.7 Å². The fraction of sp³-hybridized carbons (Fsp3) is 0.407. The Bertz CT molecular complexity index is 2990. The van der Waals surface area contributed by atoms with Gasteiger partial charge in [-0.1, -0.05) is 6.07 Å². The first kappa shape index (κ1) is 48.9. The van der Waals surface area contributed by atoms with E-state index in [0.29, 0.717) is 96.2 Å². The van der Waals surface area contributed by atoms with Gasteiger partial charge in [-0.25, -0.2) is 4.39 Å². The number of benzene rings is 4. The lowest BCUT2D eigenvalue weighted by atomic mass is 9.84. The van der Waals surface area contributed by atoms with Gasteiger partial charge in [-0.15, -0.1) is 13.2 Å². The number of amides is 5. The molecule has 4 N–H and O–H groups in total. The summed E-state index contributed by atoms with van der Waals surface area (Å²) in [6.45, 7) is 5.99. The van der Waals surface area contributed by atoms with Crippen LogP contribution in [0.2, 0.25) is 0 Å². The van der Waals surface area contributed by atoms with E-state index in [-0.39, 0.29) is 29.7 Å². The molecule has 1 aromatic heterocycles. The Kier molecular flexibility index (Phi) is 13.1. The third kappa shape index (κ3) is 10.2. The van der Waals surface area contributed by atoms with Gasteiger partial charge in [0.15, 0.2) is 5.75 Å². The lowest BCUT2D eigenvalue weighted by Crippen LogP contribution is -2.69. The topological polar surface area (TPSA) is 178 Å². The monoisotopic (exact) mass is 1020 g/mol. The molecule has 0 spiro atoms. The Balaban J connectivity index is 0.659. The highest BCUT2D eigenvalue weighted by Crippen LogP contribution is 2.48. The number of imide groups is 1. The first-order chi connectivity index (χ1) is 35.7. The molecule has 74 heavy (non-hydrogen) atoms. The van der Waals surface area contributed by atoms with E-state index in [1.54, 1.807) is 47.4 Å². The number of ether oxygens (including phenoxy) is 2. The summed E-state index contributed by atoms with van der Waals surface area (Å²) < 4.78 is 66.2. The lowest BCUT2D eigenvalue weighted by molar-refractivity contribution is -0.274. The number of pyridine rings is 1. The van der Waals surface area contributed by atoms with Gasteiger partial charge in [0.05, 0.1) is 11.2 Å². The summed E-state index contributed by atoms with van der Waals surface area (Å²) in [5.74, 6) is -1.69. The zero-order chi connectivity index (χ0) is 51.3. The number of halogens is 4. The Morgan fingerprint density at radius 3 is 2.23 bits per heavy atom. The summed E-state index contributed by atoms with van der Waals surface area (Å²) in [6, 6.07) is 22.0. The van der Waals surface area contributed by atoms with Crippen molar-refractivity contribution < 1.29 is 51.0 Å². The summed E-state index contributed by atoms with van der Waals surface area (Å²) in [5, 5.41) is 11.7. The maximum absolute atomic E-state index is 14.0. The van der Waals surface area contributed by atoms with Crippen molar-refractivity contribution in [1.82, 2.24) is 25.0 Å². The van der Waals surface area contributed by atoms with Gasteiger partial charge in [-0.05, 0) is 136 Å². The second kappa shape index (κ2) is 19.8. The van der Waals surface area contributed by atoms with Gasteiger partial charge in [0, 0.05) is 104 Å². The largest absolute Gasteiger partial charge is 0.573 e. The Labute approximate surface area is 423 Å². The van der Waals surface area contributed by atoms with E-state index in [0.717, 1.165) is 69.7 Å². The first-order valence-electron chi connectivity index (χ1n) is 25.2. The van der Waals surface area contributed by atoms with E-state index >= 15 is 0 Å². The normalized spacial score (nSPS) is 21.7. The molecular formula is C54H55F4N9O7. The zero-order valence-electron chi connectivity index (χ0n) is 40.4. The predicted octanol–water partition coefficient (Wildman–Crippen LogP) is 7.66. The van der Waals surface area contributed by atoms with Crippen LogP contribution in [-0.2, 0) is 25.7 Å². The average molecular weight is 1020 g/mol. The highest BCUT2D eigenvalue weighted by Gasteiger charge is 2.56. The number of nitrogens with zero attached hydrogens (tertiary/aromatic N) is 5. The molecule has 3 unspecified atom stereocenters. The van der Waals surface area contributed by atoms with Crippen molar-refractivity contribution in [2.24, 2.45) is 11.3 Å². The van der Waals surface area contributed by atoms with Crippen LogP contribution < -0.4 is 35.6 Å². The van der Waals surface area contributed by atoms with Crippen LogP contribution in [0.5, 0.6) is 17.2 Å². The number of nitrogens with one attached hydrogen (secondary N) is 4. The van der Waals surface area contributed by atoms with Crippen LogP contribution >= 0.6 is 0 Å². The van der Waals surface area contributed by atoms with Gasteiger partial charge in [0.1, 0.15) is 28.8 Å². The molecule has 5 aromatic rings. The van der Waals surface area contributed by atoms with Gasteiger partial charge in [0.25, 0.3) is 5.91 Å². The van der Waals surface area contributed by atoms with Gasteiger partial charge in [-0.2, -0.15) is 0 Å². The van der Waals surface area contributed by atoms with Gasteiger partial charge in [0.2, 0.25) is 23.6 Å². The van der Waals surface area contributed by atoms with Crippen LogP contribution in [0.15, 0.2) is 91.1 Å². The van der Waals surface area contributed by atoms with Crippen molar-refractivity contribution >= 4 is 63.2 Å². The third-order valence-electron chi connectivity index (χ3n) is 15.5. The van der Waals surface area contributed by atoms with Crippen molar-refractivity contribution in [1.29, 1.82) is 0 Å². The van der Waals surface area contributed by atoms with Gasteiger partial charge in [-0.3, -0.25) is 39.2 Å². The fourth-order valence-corrected chi connectivity index (χ4v) is 11.3. The Morgan fingerprint density at radius 2 is 1.55 bits per heavy atom. The number of piperidine rings is 3. The molecule has 16 nitrogen and oxygen atoms in total. The minimum Gasteiger partial charge on any atom is -0.457 e. The SMILES string of the molecule is O=C1CCC(N2Cc3c(NCCCN4CC5CC(C4)N5CC4CCN(c5cc6nccc(Oc7ccc(NC(=O)C8(C(=O)Nc9ccc(F)cc9)CC8)cc7)c6cc5OC(F)(F)F)CC4)cccc3C2=O)C(=O)N1. The van der Waals surface area contributed by atoms with Crippen LogP contribution in [0.4, 0.5) is 40.3 Å². The summed E-state index contributed by atoms with van der Waals surface area (Å²) in [4.78, 5) is 76.9. The van der Waals surface area contributed by atoms with E-state index in [9.17, 15) is 41.5 Å². The van der Waals surface area contributed by atoms with Crippen LogP contribution in [0.1, 0.15) is 67.3 Å². The minimum absolute atomic E-state index is 0.191. The summed E-state index contributed by atoms with van der Waals surface area (Å²) in [5.41, 5.74) is 2.61. The van der Waals surface area contributed by atoms with E-state index in [1.807, 2.05) is 17.0 Å². The molecule has 7 aliphatic rings. The van der Waals surface area contributed by atoms with Crippen LogP contribution in [0.3, 0.4) is 0 Å². The third-order valence-corrected chi connectivity index (χ3v) is 15.5. The molecule has 1 saturated carbocycles. The van der Waals surface area contributed by atoms with Crippen molar-refractivity contribution in [2.45, 2.75) is 82.4 Å². The fourth-order valence-electron chi connectivity index (χ4n) is 11.3. The van der Waals surface area contributed by atoms with Crippen molar-refractivity contribution in [3.8, 4) is 17.2 Å². The maximum Gasteiger partial charge on any atom is 0.573 e. The quantitative estimate of drug-likeness (QED) is 0.0329. The molecule has 0 radical (unpaired) electrons. The number of alkyl halides is 3. The molecule has 1 aliphatic carbocycles. The standard InChI is InChI=1S/C54H55F4N9O7/c55-33-5-7-34(8-6-33)61-51(71)53(18-19-53)52(72)62-35-9-11-38(12-10-35)73-46-15-21-60-43-27-45(47(26-40(43)46)74-54(56,57)58)65-23-16-32(17-24-65)28-66-36-25-37(66)30-64(29-36)22-2-20-59-42-4-1-3-39-41(42)31-67(50(39)70)44-13-14-48(68)63-49(44)69/h1,3-12,15,21,26-27,32,36-37,44,59H,2,13-14,16-20,22-25,28-31H2,(H,61,71)(H,62,72)(H,63,68,69). The highest BCUT2D eigenvalue weighted by molar-refractivity contribution is 6.17. The molecule has 5 amide bonds. The van der Waals surface area contributed by atoms with Crippen LogP contribution in [0, 0.1) is 17.2 Å². The van der Waals surface area contributed by atoms with Gasteiger partial charge >= 0.3 is 6.36 Å².